The molecule has 0 saturated carbocycles. The number of pyridine rings is 1. The highest BCUT2D eigenvalue weighted by Gasteiger charge is 2.18. The van der Waals surface area contributed by atoms with Crippen molar-refractivity contribution >= 4 is 22.6 Å². The quantitative estimate of drug-likeness (QED) is 0.347. The number of rotatable bonds is 6. The van der Waals surface area contributed by atoms with E-state index in [2.05, 4.69) is 25.6 Å². The molecule has 0 aliphatic carbocycles. The van der Waals surface area contributed by atoms with E-state index in [-0.39, 0.29) is 12.1 Å². The van der Waals surface area contributed by atoms with Crippen LogP contribution in [0.3, 0.4) is 0 Å². The van der Waals surface area contributed by atoms with Gasteiger partial charge in [0.15, 0.2) is 5.82 Å². The summed E-state index contributed by atoms with van der Waals surface area (Å²) in [6, 6.07) is 13.3. The molecule has 0 aliphatic rings. The Morgan fingerprint density at radius 3 is 2.71 bits per heavy atom. The summed E-state index contributed by atoms with van der Waals surface area (Å²) in [6.45, 7) is 0.259. The zero-order valence-electron chi connectivity index (χ0n) is 19.0. The fourth-order valence-electron chi connectivity index (χ4n) is 4.02. The predicted octanol–water partition coefficient (Wildman–Crippen LogP) is 3.69. The molecule has 0 unspecified atom stereocenters. The summed E-state index contributed by atoms with van der Waals surface area (Å²) in [6.07, 6.45) is 3.49. The summed E-state index contributed by atoms with van der Waals surface area (Å²) in [5.41, 5.74) is 11.2. The second-order valence-corrected chi connectivity index (χ2v) is 7.94. The smallest absolute Gasteiger partial charge is 0.255 e. The van der Waals surface area contributed by atoms with E-state index in [4.69, 9.17) is 10.5 Å². The van der Waals surface area contributed by atoms with Crippen LogP contribution in [0.25, 0.3) is 33.4 Å². The number of aromatic amines is 1. The topological polar surface area (TPSA) is 124 Å². The maximum atomic E-state index is 13.6. The number of ether oxygens (including phenoxy) is 1. The molecule has 4 N–H and O–H groups in total. The third kappa shape index (κ3) is 4.05. The molecule has 1 amide bonds. The molecule has 0 atom stereocenters. The normalized spacial score (nSPS) is 11.1. The highest BCUT2D eigenvalue weighted by Crippen LogP contribution is 2.35. The maximum absolute atomic E-state index is 13.6. The van der Waals surface area contributed by atoms with Crippen molar-refractivity contribution in [3.8, 4) is 28.3 Å². The first-order valence-electron chi connectivity index (χ1n) is 10.8. The van der Waals surface area contributed by atoms with E-state index in [0.717, 1.165) is 39.4 Å². The van der Waals surface area contributed by atoms with Gasteiger partial charge in [0, 0.05) is 37.1 Å². The number of nitrogens with one attached hydrogen (secondary N) is 2. The standard InChI is InChI=1S/C25H22FN7O2/c1-33-19(9-10-30-33)18-13-28-22(21-23(18)31-32-24(21)27)15-5-3-14(4-6-15)12-29-25(34)17-11-16(26)7-8-20(17)35-2/h3-11,13H,12H2,1-2H3,(H,29,34)(H3,27,31,32). The Balaban J connectivity index is 1.39. The summed E-state index contributed by atoms with van der Waals surface area (Å²) in [5.74, 6) is -0.272. The highest BCUT2D eigenvalue weighted by atomic mass is 19.1. The zero-order valence-corrected chi connectivity index (χ0v) is 19.0. The predicted molar refractivity (Wildman–Crippen MR) is 130 cm³/mol. The van der Waals surface area contributed by atoms with Crippen molar-refractivity contribution in [3.05, 3.63) is 77.9 Å². The Kier molecular flexibility index (Phi) is 5.61. The largest absolute Gasteiger partial charge is 0.496 e. The summed E-state index contributed by atoms with van der Waals surface area (Å²) < 4.78 is 20.5. The lowest BCUT2D eigenvalue weighted by atomic mass is 10.0. The van der Waals surface area contributed by atoms with E-state index in [1.165, 1.54) is 19.2 Å². The van der Waals surface area contributed by atoms with Gasteiger partial charge in [-0.3, -0.25) is 19.6 Å². The number of hydrogen-bond donors (Lipinski definition) is 3. The number of halogens is 1. The van der Waals surface area contributed by atoms with Crippen LogP contribution in [0.2, 0.25) is 0 Å². The number of nitrogens with zero attached hydrogens (tertiary/aromatic N) is 4. The zero-order chi connectivity index (χ0) is 24.5. The Hall–Kier alpha value is -4.73. The van der Waals surface area contributed by atoms with Crippen LogP contribution in [-0.2, 0) is 13.6 Å². The lowest BCUT2D eigenvalue weighted by Gasteiger charge is -2.11. The van der Waals surface area contributed by atoms with E-state index in [9.17, 15) is 9.18 Å². The average molecular weight is 471 g/mol. The molecule has 0 aliphatic heterocycles. The lowest BCUT2D eigenvalue weighted by molar-refractivity contribution is 0.0947. The number of H-pyrrole nitrogens is 1. The third-order valence-corrected chi connectivity index (χ3v) is 5.81. The van der Waals surface area contributed by atoms with Gasteiger partial charge in [-0.25, -0.2) is 4.39 Å². The minimum absolute atomic E-state index is 0.139. The van der Waals surface area contributed by atoms with Gasteiger partial charge >= 0.3 is 0 Å². The van der Waals surface area contributed by atoms with Gasteiger partial charge < -0.3 is 15.8 Å². The summed E-state index contributed by atoms with van der Waals surface area (Å²) in [4.78, 5) is 17.2. The van der Waals surface area contributed by atoms with E-state index in [0.29, 0.717) is 17.3 Å². The molecule has 0 spiro atoms. The Labute approximate surface area is 199 Å². The molecule has 176 valence electrons. The summed E-state index contributed by atoms with van der Waals surface area (Å²) in [5, 5.41) is 15.0. The van der Waals surface area contributed by atoms with Gasteiger partial charge in [0.1, 0.15) is 11.6 Å². The van der Waals surface area contributed by atoms with E-state index < -0.39 is 11.7 Å². The number of amides is 1. The maximum Gasteiger partial charge on any atom is 0.255 e. The van der Waals surface area contributed by atoms with E-state index in [1.54, 1.807) is 17.1 Å². The molecule has 0 fully saturated rings. The number of fused-ring (bicyclic) bond motifs is 1. The van der Waals surface area contributed by atoms with Gasteiger partial charge in [0.05, 0.1) is 35.0 Å². The fourth-order valence-corrected chi connectivity index (χ4v) is 4.02. The van der Waals surface area contributed by atoms with E-state index in [1.807, 2.05) is 37.4 Å². The molecule has 3 heterocycles. The van der Waals surface area contributed by atoms with Crippen molar-refractivity contribution < 1.29 is 13.9 Å². The Morgan fingerprint density at radius 2 is 2.00 bits per heavy atom. The first kappa shape index (κ1) is 22.1. The van der Waals surface area contributed by atoms with Crippen LogP contribution < -0.4 is 15.8 Å². The van der Waals surface area contributed by atoms with Crippen LogP contribution in [0.4, 0.5) is 10.2 Å². The van der Waals surface area contributed by atoms with Crippen LogP contribution in [0.15, 0.2) is 60.9 Å². The van der Waals surface area contributed by atoms with Crippen molar-refractivity contribution in [2.45, 2.75) is 6.54 Å². The summed E-state index contributed by atoms with van der Waals surface area (Å²) in [7, 11) is 3.29. The van der Waals surface area contributed by atoms with Gasteiger partial charge in [-0.15, -0.1) is 0 Å². The van der Waals surface area contributed by atoms with Gasteiger partial charge in [-0.05, 0) is 29.8 Å². The molecule has 0 bridgehead atoms. The minimum Gasteiger partial charge on any atom is -0.496 e. The minimum atomic E-state index is -0.507. The first-order chi connectivity index (χ1) is 17.0. The number of benzene rings is 2. The molecule has 5 aromatic rings. The second kappa shape index (κ2) is 8.90. The van der Waals surface area contributed by atoms with Crippen LogP contribution in [-0.4, -0.2) is 38.0 Å². The molecule has 2 aromatic carbocycles. The third-order valence-electron chi connectivity index (χ3n) is 5.81. The van der Waals surface area contributed by atoms with Crippen molar-refractivity contribution in [1.29, 1.82) is 0 Å². The summed E-state index contributed by atoms with van der Waals surface area (Å²) >= 11 is 0. The highest BCUT2D eigenvalue weighted by molar-refractivity contribution is 6.05. The van der Waals surface area contributed by atoms with Gasteiger partial charge in [-0.1, -0.05) is 24.3 Å². The van der Waals surface area contributed by atoms with Crippen molar-refractivity contribution in [3.63, 3.8) is 0 Å². The number of nitrogens with two attached hydrogens (primary N) is 1. The van der Waals surface area contributed by atoms with Gasteiger partial charge in [-0.2, -0.15) is 10.2 Å². The monoisotopic (exact) mass is 471 g/mol. The van der Waals surface area contributed by atoms with Crippen molar-refractivity contribution in [1.82, 2.24) is 30.3 Å². The van der Waals surface area contributed by atoms with Crippen molar-refractivity contribution in [2.24, 2.45) is 7.05 Å². The van der Waals surface area contributed by atoms with Crippen LogP contribution in [0, 0.1) is 5.82 Å². The molecular formula is C25H22FN7O2. The number of methoxy groups -OCH3 is 1. The Morgan fingerprint density at radius 1 is 1.20 bits per heavy atom. The van der Waals surface area contributed by atoms with Crippen LogP contribution in [0.5, 0.6) is 5.75 Å². The number of aromatic nitrogens is 5. The first-order valence-corrected chi connectivity index (χ1v) is 10.8. The van der Waals surface area contributed by atoms with Gasteiger partial charge in [0.2, 0.25) is 0 Å². The fraction of sp³-hybridized carbons (Fsp3) is 0.120. The molecule has 10 heteroatoms. The molecule has 35 heavy (non-hydrogen) atoms. The number of carbonyl (C=O) groups is 1. The number of carbonyl (C=O) groups excluding carboxylic acids is 1. The molecule has 0 radical (unpaired) electrons. The SMILES string of the molecule is COc1ccc(F)cc1C(=O)NCc1ccc(-c2ncc(-c3ccnn3C)c3[nH]nc(N)c23)cc1. The number of aryl methyl sites for hydroxylation is 1. The molecule has 3 aromatic heterocycles. The van der Waals surface area contributed by atoms with Crippen LogP contribution >= 0.6 is 0 Å². The lowest BCUT2D eigenvalue weighted by Crippen LogP contribution is -2.23. The molecular weight excluding hydrogens is 449 g/mol. The van der Waals surface area contributed by atoms with Gasteiger partial charge in [0.25, 0.3) is 5.91 Å². The number of nitrogen functional groups attached to an aromatic ring is 1. The molecule has 5 rings (SSSR count). The number of hydrogen-bond acceptors (Lipinski definition) is 6. The second-order valence-electron chi connectivity index (χ2n) is 7.94. The number of anilines is 1. The molecule has 9 nitrogen and oxygen atoms in total. The van der Waals surface area contributed by atoms with E-state index >= 15 is 0 Å². The molecule has 0 saturated heterocycles. The van der Waals surface area contributed by atoms with Crippen LogP contribution in [0.1, 0.15) is 15.9 Å². The Bertz CT molecular complexity index is 1540. The average Bonchev–Trinajstić information content (AvgIpc) is 3.48. The van der Waals surface area contributed by atoms with Crippen molar-refractivity contribution in [2.75, 3.05) is 12.8 Å².